The van der Waals surface area contributed by atoms with Gasteiger partial charge in [0.1, 0.15) is 5.82 Å². The fourth-order valence-electron chi connectivity index (χ4n) is 4.78. The van der Waals surface area contributed by atoms with Gasteiger partial charge in [-0.25, -0.2) is 4.98 Å². The zero-order valence-electron chi connectivity index (χ0n) is 19.8. The molecule has 1 aromatic heterocycles. The quantitative estimate of drug-likeness (QED) is 0.385. The van der Waals surface area contributed by atoms with Crippen molar-refractivity contribution >= 4 is 22.6 Å². The molecule has 1 fully saturated rings. The first kappa shape index (κ1) is 22.0. The van der Waals surface area contributed by atoms with Crippen LogP contribution < -0.4 is 14.4 Å². The Hall–Kier alpha value is -3.80. The molecule has 1 aliphatic heterocycles. The van der Waals surface area contributed by atoms with Gasteiger partial charge in [0.15, 0.2) is 11.5 Å². The summed E-state index contributed by atoms with van der Waals surface area (Å²) in [6.45, 7) is 3.39. The Kier molecular flexibility index (Phi) is 5.97. The van der Waals surface area contributed by atoms with Crippen LogP contribution in [0.4, 0.5) is 5.69 Å². The molecular formula is C28H29N3O3. The van der Waals surface area contributed by atoms with E-state index in [1.165, 1.54) is 5.56 Å². The predicted octanol–water partition coefficient (Wildman–Crippen LogP) is 5.18. The maximum Gasteiger partial charge on any atom is 0.227 e. The lowest BCUT2D eigenvalue weighted by Crippen LogP contribution is -2.24. The number of imidazole rings is 1. The Balaban J connectivity index is 1.49. The number of anilines is 1. The largest absolute Gasteiger partial charge is 0.493 e. The fraction of sp³-hybridized carbons (Fsp3) is 0.286. The van der Waals surface area contributed by atoms with Crippen LogP contribution >= 0.6 is 0 Å². The highest BCUT2D eigenvalue weighted by molar-refractivity contribution is 5.96. The van der Waals surface area contributed by atoms with Gasteiger partial charge in [0, 0.05) is 31.1 Å². The molecule has 2 heterocycles. The maximum absolute atomic E-state index is 13.0. The van der Waals surface area contributed by atoms with E-state index in [4.69, 9.17) is 14.5 Å². The summed E-state index contributed by atoms with van der Waals surface area (Å²) in [6, 6.07) is 22.4. The van der Waals surface area contributed by atoms with E-state index < -0.39 is 0 Å². The number of hydrogen-bond acceptors (Lipinski definition) is 4. The van der Waals surface area contributed by atoms with Gasteiger partial charge in [-0.15, -0.1) is 0 Å². The number of para-hydroxylation sites is 2. The maximum atomic E-state index is 13.0. The number of carbonyl (C=O) groups excluding carboxylic acids is 1. The molecule has 5 rings (SSSR count). The van der Waals surface area contributed by atoms with Gasteiger partial charge >= 0.3 is 0 Å². The molecule has 0 radical (unpaired) electrons. The van der Waals surface area contributed by atoms with E-state index >= 15 is 0 Å². The summed E-state index contributed by atoms with van der Waals surface area (Å²) in [5.74, 6) is 2.50. The molecule has 1 unspecified atom stereocenters. The topological polar surface area (TPSA) is 56.6 Å². The number of methoxy groups -OCH3 is 2. The summed E-state index contributed by atoms with van der Waals surface area (Å²) >= 11 is 0. The van der Waals surface area contributed by atoms with Crippen LogP contribution in [0.1, 0.15) is 36.2 Å². The molecule has 1 amide bonds. The molecule has 0 saturated carbocycles. The lowest BCUT2D eigenvalue weighted by Gasteiger charge is -2.18. The minimum atomic E-state index is 0.0193. The van der Waals surface area contributed by atoms with Crippen LogP contribution in [0, 0.1) is 0 Å². The van der Waals surface area contributed by atoms with Gasteiger partial charge in [-0.1, -0.05) is 37.3 Å². The molecule has 0 N–H and O–H groups in total. The summed E-state index contributed by atoms with van der Waals surface area (Å²) in [7, 11) is 3.28. The normalized spacial score (nSPS) is 15.8. The number of ether oxygens (including phenoxy) is 2. The van der Waals surface area contributed by atoms with Gasteiger partial charge in [0.05, 0.1) is 25.3 Å². The van der Waals surface area contributed by atoms with E-state index in [1.54, 1.807) is 14.2 Å². The first-order valence-electron chi connectivity index (χ1n) is 11.7. The average Bonchev–Trinajstić information content (AvgIpc) is 3.44. The number of aryl methyl sites for hydroxylation is 1. The number of amides is 1. The summed E-state index contributed by atoms with van der Waals surface area (Å²) in [5.41, 5.74) is 5.30. The van der Waals surface area contributed by atoms with Gasteiger partial charge in [-0.2, -0.15) is 0 Å². The molecule has 6 nitrogen and oxygen atoms in total. The third-order valence-electron chi connectivity index (χ3n) is 6.62. The van der Waals surface area contributed by atoms with Crippen molar-refractivity contribution in [3.05, 3.63) is 83.7 Å². The summed E-state index contributed by atoms with van der Waals surface area (Å²) in [6.07, 6.45) is 1.43. The molecule has 34 heavy (non-hydrogen) atoms. The van der Waals surface area contributed by atoms with E-state index in [1.807, 2.05) is 53.4 Å². The highest BCUT2D eigenvalue weighted by atomic mass is 16.5. The first-order chi connectivity index (χ1) is 16.6. The molecule has 3 aromatic carbocycles. The smallest absolute Gasteiger partial charge is 0.227 e. The number of rotatable bonds is 7. The van der Waals surface area contributed by atoms with Crippen LogP contribution in [0.15, 0.2) is 66.7 Å². The van der Waals surface area contributed by atoms with Gasteiger partial charge in [0.25, 0.3) is 0 Å². The van der Waals surface area contributed by atoms with Crippen molar-refractivity contribution in [1.82, 2.24) is 9.55 Å². The molecule has 174 valence electrons. The van der Waals surface area contributed by atoms with Gasteiger partial charge in [-0.3, -0.25) is 4.79 Å². The highest BCUT2D eigenvalue weighted by Crippen LogP contribution is 2.34. The molecule has 1 saturated heterocycles. The number of hydrogen-bond donors (Lipinski definition) is 0. The van der Waals surface area contributed by atoms with Gasteiger partial charge < -0.3 is 18.9 Å². The van der Waals surface area contributed by atoms with Crippen LogP contribution in [0.3, 0.4) is 0 Å². The van der Waals surface area contributed by atoms with E-state index in [2.05, 4.69) is 29.7 Å². The Labute approximate surface area is 199 Å². The molecule has 0 spiro atoms. The van der Waals surface area contributed by atoms with Crippen LogP contribution in [0.5, 0.6) is 11.5 Å². The fourth-order valence-corrected chi connectivity index (χ4v) is 4.78. The third kappa shape index (κ3) is 4.00. The van der Waals surface area contributed by atoms with Crippen molar-refractivity contribution < 1.29 is 14.3 Å². The zero-order chi connectivity index (χ0) is 23.7. The standard InChI is InChI=1S/C28H29N3O3/c1-4-19-9-12-22(13-10-19)30-18-21(16-27(30)32)28-29-23-7-5-6-8-24(23)31(28)17-20-11-14-25(33-2)26(15-20)34-3/h5-15,21H,4,16-18H2,1-3H3. The first-order valence-corrected chi connectivity index (χ1v) is 11.7. The van der Waals surface area contributed by atoms with Crippen LogP contribution in [0.2, 0.25) is 0 Å². The Bertz CT molecular complexity index is 1330. The van der Waals surface area contributed by atoms with Crippen LogP contribution in [-0.4, -0.2) is 36.2 Å². The molecule has 0 bridgehead atoms. The minimum absolute atomic E-state index is 0.0193. The highest BCUT2D eigenvalue weighted by Gasteiger charge is 2.34. The van der Waals surface area contributed by atoms with Crippen molar-refractivity contribution in [2.75, 3.05) is 25.7 Å². The van der Waals surface area contributed by atoms with Crippen LogP contribution in [-0.2, 0) is 17.8 Å². The summed E-state index contributed by atoms with van der Waals surface area (Å²) in [5, 5.41) is 0. The Morgan fingerprint density at radius 1 is 0.941 bits per heavy atom. The van der Waals surface area contributed by atoms with Gasteiger partial charge in [-0.05, 0) is 53.9 Å². The lowest BCUT2D eigenvalue weighted by molar-refractivity contribution is -0.117. The SMILES string of the molecule is CCc1ccc(N2CC(c3nc4ccccc4n3Cc3ccc(OC)c(OC)c3)CC2=O)cc1. The second-order valence-corrected chi connectivity index (χ2v) is 8.66. The molecule has 4 aromatic rings. The van der Waals surface area contributed by atoms with Crippen molar-refractivity contribution in [2.24, 2.45) is 0 Å². The molecule has 6 heteroatoms. The Morgan fingerprint density at radius 2 is 1.68 bits per heavy atom. The number of fused-ring (bicyclic) bond motifs is 1. The second kappa shape index (κ2) is 9.21. The van der Waals surface area contributed by atoms with Crippen LogP contribution in [0.25, 0.3) is 11.0 Å². The molecule has 1 aliphatic rings. The van der Waals surface area contributed by atoms with Crippen molar-refractivity contribution in [3.8, 4) is 11.5 Å². The van der Waals surface area contributed by atoms with E-state index in [0.29, 0.717) is 31.0 Å². The number of benzene rings is 3. The van der Waals surface area contributed by atoms with E-state index in [-0.39, 0.29) is 11.8 Å². The number of carbonyl (C=O) groups is 1. The minimum Gasteiger partial charge on any atom is -0.493 e. The van der Waals surface area contributed by atoms with E-state index in [0.717, 1.165) is 34.5 Å². The Morgan fingerprint density at radius 3 is 2.41 bits per heavy atom. The van der Waals surface area contributed by atoms with Gasteiger partial charge in [0.2, 0.25) is 5.91 Å². The van der Waals surface area contributed by atoms with E-state index in [9.17, 15) is 4.79 Å². The predicted molar refractivity (Wildman–Crippen MR) is 134 cm³/mol. The number of aromatic nitrogens is 2. The molecule has 0 aliphatic carbocycles. The zero-order valence-corrected chi connectivity index (χ0v) is 19.8. The number of nitrogens with zero attached hydrogens (tertiary/aromatic N) is 3. The summed E-state index contributed by atoms with van der Waals surface area (Å²) in [4.78, 5) is 19.9. The summed E-state index contributed by atoms with van der Waals surface area (Å²) < 4.78 is 13.1. The third-order valence-corrected chi connectivity index (χ3v) is 6.62. The van der Waals surface area contributed by atoms with Crippen molar-refractivity contribution in [1.29, 1.82) is 0 Å². The molecule has 1 atom stereocenters. The lowest BCUT2D eigenvalue weighted by atomic mass is 10.1. The second-order valence-electron chi connectivity index (χ2n) is 8.66. The van der Waals surface area contributed by atoms with Crippen molar-refractivity contribution in [3.63, 3.8) is 0 Å². The average molecular weight is 456 g/mol. The van der Waals surface area contributed by atoms with Crippen molar-refractivity contribution in [2.45, 2.75) is 32.2 Å². The molecular weight excluding hydrogens is 426 g/mol. The monoisotopic (exact) mass is 455 g/mol.